The van der Waals surface area contributed by atoms with Gasteiger partial charge in [-0.3, -0.25) is 10.1 Å². The molecule has 0 heterocycles. The standard InChI is InChI=1S/C16H18N2O5S/c1-12-5-3-4-6-13(12)9-10-17-24(21,22)16-8-7-14(23-2)11-15(16)18(19)20/h3-8,11,17H,9-10H2,1-2H3. The van der Waals surface area contributed by atoms with Crippen molar-refractivity contribution in [3.05, 3.63) is 63.7 Å². The first kappa shape index (κ1) is 17.9. The number of nitrogens with zero attached hydrogens (tertiary/aromatic N) is 1. The van der Waals surface area contributed by atoms with E-state index in [0.717, 1.165) is 17.2 Å². The van der Waals surface area contributed by atoms with E-state index in [-0.39, 0.29) is 17.2 Å². The maximum absolute atomic E-state index is 12.4. The second kappa shape index (κ2) is 7.41. The highest BCUT2D eigenvalue weighted by atomic mass is 32.2. The minimum Gasteiger partial charge on any atom is -0.497 e. The van der Waals surface area contributed by atoms with Crippen LogP contribution in [-0.4, -0.2) is 27.0 Å². The summed E-state index contributed by atoms with van der Waals surface area (Å²) in [6.45, 7) is 2.09. The summed E-state index contributed by atoms with van der Waals surface area (Å²) in [4.78, 5) is 10.0. The van der Waals surface area contributed by atoms with Gasteiger partial charge in [0.15, 0.2) is 4.90 Å². The number of ether oxygens (including phenoxy) is 1. The summed E-state index contributed by atoms with van der Waals surface area (Å²) in [5.41, 5.74) is 1.56. The fourth-order valence-corrected chi connectivity index (χ4v) is 3.46. The topological polar surface area (TPSA) is 98.5 Å². The molecule has 0 amide bonds. The van der Waals surface area contributed by atoms with Gasteiger partial charge in [-0.2, -0.15) is 0 Å². The molecule has 0 bridgehead atoms. The van der Waals surface area contributed by atoms with Crippen LogP contribution in [0.15, 0.2) is 47.4 Å². The van der Waals surface area contributed by atoms with E-state index in [2.05, 4.69) is 4.72 Å². The Labute approximate surface area is 140 Å². The second-order valence-corrected chi connectivity index (χ2v) is 6.90. The lowest BCUT2D eigenvalue weighted by Crippen LogP contribution is -2.26. The van der Waals surface area contributed by atoms with Crippen LogP contribution in [0.4, 0.5) is 5.69 Å². The smallest absolute Gasteiger partial charge is 0.293 e. The van der Waals surface area contributed by atoms with Gasteiger partial charge in [-0.05, 0) is 36.6 Å². The number of hydrogen-bond donors (Lipinski definition) is 1. The predicted octanol–water partition coefficient (Wildman–Crippen LogP) is 2.43. The molecule has 0 aromatic heterocycles. The van der Waals surface area contributed by atoms with Crippen LogP contribution in [0.1, 0.15) is 11.1 Å². The molecule has 24 heavy (non-hydrogen) atoms. The molecule has 7 nitrogen and oxygen atoms in total. The van der Waals surface area contributed by atoms with E-state index in [0.29, 0.717) is 6.42 Å². The maximum atomic E-state index is 12.4. The Morgan fingerprint density at radius 1 is 1.21 bits per heavy atom. The molecular formula is C16H18N2O5S. The fourth-order valence-electron chi connectivity index (χ4n) is 2.28. The molecule has 8 heteroatoms. The van der Waals surface area contributed by atoms with Gasteiger partial charge in [0.1, 0.15) is 5.75 Å². The summed E-state index contributed by atoms with van der Waals surface area (Å²) in [5, 5.41) is 11.1. The SMILES string of the molecule is COc1ccc(S(=O)(=O)NCCc2ccccc2C)c([N+](=O)[O-])c1. The summed E-state index contributed by atoms with van der Waals surface area (Å²) >= 11 is 0. The third-order valence-electron chi connectivity index (χ3n) is 3.60. The lowest BCUT2D eigenvalue weighted by molar-refractivity contribution is -0.387. The first-order valence-electron chi connectivity index (χ1n) is 7.22. The van der Waals surface area contributed by atoms with Crippen LogP contribution >= 0.6 is 0 Å². The van der Waals surface area contributed by atoms with Crippen molar-refractivity contribution in [3.63, 3.8) is 0 Å². The minimum atomic E-state index is -3.99. The molecule has 2 aromatic carbocycles. The van der Waals surface area contributed by atoms with Crippen molar-refractivity contribution in [2.24, 2.45) is 0 Å². The summed E-state index contributed by atoms with van der Waals surface area (Å²) in [7, 11) is -2.64. The van der Waals surface area contributed by atoms with Crippen molar-refractivity contribution in [2.75, 3.05) is 13.7 Å². The Bertz CT molecular complexity index is 849. The average Bonchev–Trinajstić information content (AvgIpc) is 2.55. The van der Waals surface area contributed by atoms with Crippen LogP contribution < -0.4 is 9.46 Å². The van der Waals surface area contributed by atoms with Gasteiger partial charge in [-0.1, -0.05) is 24.3 Å². The average molecular weight is 350 g/mol. The monoisotopic (exact) mass is 350 g/mol. The van der Waals surface area contributed by atoms with Gasteiger partial charge >= 0.3 is 0 Å². The van der Waals surface area contributed by atoms with Crippen LogP contribution in [0, 0.1) is 17.0 Å². The molecule has 0 saturated carbocycles. The number of hydrogen-bond acceptors (Lipinski definition) is 5. The molecular weight excluding hydrogens is 332 g/mol. The zero-order valence-electron chi connectivity index (χ0n) is 13.4. The highest BCUT2D eigenvalue weighted by Crippen LogP contribution is 2.28. The maximum Gasteiger partial charge on any atom is 0.293 e. The highest BCUT2D eigenvalue weighted by molar-refractivity contribution is 7.89. The van der Waals surface area contributed by atoms with E-state index in [1.807, 2.05) is 31.2 Å². The first-order valence-corrected chi connectivity index (χ1v) is 8.70. The molecule has 1 N–H and O–H groups in total. The Morgan fingerprint density at radius 3 is 2.54 bits per heavy atom. The number of nitro groups is 1. The Hall–Kier alpha value is -2.45. The lowest BCUT2D eigenvalue weighted by atomic mass is 10.1. The van der Waals surface area contributed by atoms with Crippen LogP contribution in [0.3, 0.4) is 0 Å². The van der Waals surface area contributed by atoms with E-state index in [1.165, 1.54) is 19.2 Å². The Balaban J connectivity index is 2.18. The minimum absolute atomic E-state index is 0.149. The predicted molar refractivity (Wildman–Crippen MR) is 89.7 cm³/mol. The van der Waals surface area contributed by atoms with Crippen molar-refractivity contribution in [3.8, 4) is 5.75 Å². The van der Waals surface area contributed by atoms with E-state index in [9.17, 15) is 18.5 Å². The summed E-state index contributed by atoms with van der Waals surface area (Å²) in [5.74, 6) is 0.223. The van der Waals surface area contributed by atoms with Crippen molar-refractivity contribution in [2.45, 2.75) is 18.2 Å². The Morgan fingerprint density at radius 2 is 1.92 bits per heavy atom. The van der Waals surface area contributed by atoms with Gasteiger partial charge in [-0.15, -0.1) is 0 Å². The summed E-state index contributed by atoms with van der Waals surface area (Å²) < 4.78 is 32.1. The zero-order valence-corrected chi connectivity index (χ0v) is 14.2. The van der Waals surface area contributed by atoms with Gasteiger partial charge in [0.25, 0.3) is 5.69 Å². The molecule has 0 aliphatic carbocycles. The second-order valence-electron chi connectivity index (χ2n) is 5.17. The normalized spacial score (nSPS) is 11.2. The molecule has 0 radical (unpaired) electrons. The van der Waals surface area contributed by atoms with E-state index in [4.69, 9.17) is 4.74 Å². The van der Waals surface area contributed by atoms with Crippen molar-refractivity contribution >= 4 is 15.7 Å². The fraction of sp³-hybridized carbons (Fsp3) is 0.250. The first-order chi connectivity index (χ1) is 11.3. The number of aryl methyl sites for hydroxylation is 1. The molecule has 0 atom stereocenters. The molecule has 2 aromatic rings. The van der Waals surface area contributed by atoms with Crippen LogP contribution in [0.25, 0.3) is 0 Å². The van der Waals surface area contributed by atoms with Crippen LogP contribution in [0.2, 0.25) is 0 Å². The molecule has 0 spiro atoms. The van der Waals surface area contributed by atoms with E-state index < -0.39 is 20.6 Å². The number of nitrogens with one attached hydrogen (secondary N) is 1. The molecule has 128 valence electrons. The molecule has 0 fully saturated rings. The van der Waals surface area contributed by atoms with Gasteiger partial charge < -0.3 is 4.74 Å². The van der Waals surface area contributed by atoms with Gasteiger partial charge in [-0.25, -0.2) is 13.1 Å². The third kappa shape index (κ3) is 4.09. The Kier molecular flexibility index (Phi) is 5.53. The van der Waals surface area contributed by atoms with Crippen LogP contribution in [-0.2, 0) is 16.4 Å². The summed E-state index contributed by atoms with van der Waals surface area (Å²) in [6, 6.07) is 11.3. The van der Waals surface area contributed by atoms with Crippen molar-refractivity contribution < 1.29 is 18.1 Å². The molecule has 0 aliphatic rings. The zero-order chi connectivity index (χ0) is 17.7. The van der Waals surface area contributed by atoms with E-state index in [1.54, 1.807) is 0 Å². The van der Waals surface area contributed by atoms with Gasteiger partial charge in [0.2, 0.25) is 10.0 Å². The lowest BCUT2D eigenvalue weighted by Gasteiger charge is -2.09. The van der Waals surface area contributed by atoms with Crippen molar-refractivity contribution in [1.82, 2.24) is 4.72 Å². The van der Waals surface area contributed by atoms with Crippen molar-refractivity contribution in [1.29, 1.82) is 0 Å². The quantitative estimate of drug-likeness (QED) is 0.611. The largest absolute Gasteiger partial charge is 0.497 e. The molecule has 0 saturated heterocycles. The molecule has 0 aliphatic heterocycles. The van der Waals surface area contributed by atoms with E-state index >= 15 is 0 Å². The highest BCUT2D eigenvalue weighted by Gasteiger charge is 2.26. The molecule has 2 rings (SSSR count). The number of sulfonamides is 1. The van der Waals surface area contributed by atoms with Crippen LogP contribution in [0.5, 0.6) is 5.75 Å². The van der Waals surface area contributed by atoms with Gasteiger partial charge in [0, 0.05) is 6.54 Å². The molecule has 0 unspecified atom stereocenters. The summed E-state index contributed by atoms with van der Waals surface area (Å²) in [6.07, 6.45) is 0.496. The third-order valence-corrected chi connectivity index (χ3v) is 5.11. The number of benzene rings is 2. The number of methoxy groups -OCH3 is 1. The number of rotatable bonds is 7. The van der Waals surface area contributed by atoms with Gasteiger partial charge in [0.05, 0.1) is 18.1 Å². The number of nitro benzene ring substituents is 1.